The molecule has 0 saturated heterocycles. The van der Waals surface area contributed by atoms with E-state index in [9.17, 15) is 8.42 Å². The molecule has 1 N–H and O–H groups in total. The fourth-order valence-corrected chi connectivity index (χ4v) is 3.38. The Hall–Kier alpha value is -0.910. The SMILES string of the molecule is CCCCCCCCCCCC[N+](C)(C)CC.Cc1ccc(S(=O)(=O)O)cc1. The molecule has 0 unspecified atom stereocenters. The highest BCUT2D eigenvalue weighted by Crippen LogP contribution is 2.11. The highest BCUT2D eigenvalue weighted by atomic mass is 32.2. The number of hydrogen-bond donors (Lipinski definition) is 1. The van der Waals surface area contributed by atoms with Gasteiger partial charge < -0.3 is 4.48 Å². The fraction of sp³-hybridized carbons (Fsp3) is 0.739. The molecule has 0 amide bonds. The standard InChI is InChI=1S/C16H36N.C7H8O3S/c1-5-7-8-9-10-11-12-13-14-15-16-17(3,4)6-2;1-6-2-4-7(5-3-6)11(8,9)10/h5-16H2,1-4H3;2-5H,1H3,(H,8,9,10)/q+1;. The molecule has 0 aliphatic rings. The monoisotopic (exact) mass is 414 g/mol. The van der Waals surface area contributed by atoms with Crippen LogP contribution < -0.4 is 0 Å². The summed E-state index contributed by atoms with van der Waals surface area (Å²) in [6.45, 7) is 9.03. The van der Waals surface area contributed by atoms with Gasteiger partial charge in [0.05, 0.1) is 32.1 Å². The smallest absolute Gasteiger partial charge is 0.294 e. The van der Waals surface area contributed by atoms with Crippen LogP contribution in [0.4, 0.5) is 0 Å². The van der Waals surface area contributed by atoms with E-state index in [4.69, 9.17) is 4.55 Å². The maximum atomic E-state index is 10.5. The second kappa shape index (κ2) is 15.0. The average molecular weight is 415 g/mol. The van der Waals surface area contributed by atoms with Gasteiger partial charge in [-0.25, -0.2) is 0 Å². The zero-order valence-corrected chi connectivity index (χ0v) is 19.7. The van der Waals surface area contributed by atoms with Crippen LogP contribution >= 0.6 is 0 Å². The van der Waals surface area contributed by atoms with Gasteiger partial charge in [-0.3, -0.25) is 4.55 Å². The Balaban J connectivity index is 0.000000567. The maximum absolute atomic E-state index is 10.5. The molecule has 1 rings (SSSR count). The third-order valence-electron chi connectivity index (χ3n) is 5.29. The van der Waals surface area contributed by atoms with E-state index >= 15 is 0 Å². The van der Waals surface area contributed by atoms with Crippen molar-refractivity contribution >= 4 is 10.1 Å². The molecule has 0 heterocycles. The van der Waals surface area contributed by atoms with Crippen LogP contribution in [0.25, 0.3) is 0 Å². The highest BCUT2D eigenvalue weighted by Gasteiger charge is 2.10. The van der Waals surface area contributed by atoms with Crippen LogP contribution in [-0.4, -0.2) is 44.6 Å². The van der Waals surface area contributed by atoms with Gasteiger partial charge in [-0.05, 0) is 38.8 Å². The molecule has 1 aromatic carbocycles. The number of rotatable bonds is 13. The Labute approximate surface area is 174 Å². The van der Waals surface area contributed by atoms with Crippen LogP contribution in [0.2, 0.25) is 0 Å². The van der Waals surface area contributed by atoms with Crippen molar-refractivity contribution in [1.82, 2.24) is 0 Å². The summed E-state index contributed by atoms with van der Waals surface area (Å²) in [4.78, 5) is -0.0666. The zero-order chi connectivity index (χ0) is 21.5. The van der Waals surface area contributed by atoms with Crippen molar-refractivity contribution < 1.29 is 17.5 Å². The summed E-state index contributed by atoms with van der Waals surface area (Å²) in [5.74, 6) is 0. The van der Waals surface area contributed by atoms with Gasteiger partial charge in [0, 0.05) is 0 Å². The summed E-state index contributed by atoms with van der Waals surface area (Å²) in [6, 6.07) is 5.99. The molecule has 28 heavy (non-hydrogen) atoms. The number of unbranched alkanes of at least 4 members (excludes halogenated alkanes) is 9. The van der Waals surface area contributed by atoms with Crippen molar-refractivity contribution in [3.8, 4) is 0 Å². The number of hydrogen-bond acceptors (Lipinski definition) is 2. The molecule has 0 radical (unpaired) electrons. The van der Waals surface area contributed by atoms with E-state index in [-0.39, 0.29) is 4.90 Å². The first-order valence-electron chi connectivity index (χ1n) is 11.0. The molecule has 0 spiro atoms. The van der Waals surface area contributed by atoms with E-state index < -0.39 is 10.1 Å². The number of quaternary nitrogens is 1. The van der Waals surface area contributed by atoms with Crippen molar-refractivity contribution in [3.63, 3.8) is 0 Å². The molecular weight excluding hydrogens is 370 g/mol. The average Bonchev–Trinajstić information content (AvgIpc) is 2.63. The van der Waals surface area contributed by atoms with Crippen LogP contribution in [0.1, 0.15) is 83.6 Å². The van der Waals surface area contributed by atoms with Gasteiger partial charge in [-0.1, -0.05) is 76.0 Å². The predicted octanol–water partition coefficient (Wildman–Crippen LogP) is 6.25. The normalized spacial score (nSPS) is 11.8. The van der Waals surface area contributed by atoms with Crippen molar-refractivity contribution in [2.24, 2.45) is 0 Å². The third kappa shape index (κ3) is 15.1. The molecule has 0 atom stereocenters. The number of benzene rings is 1. The molecule has 0 saturated carbocycles. The Morgan fingerprint density at radius 3 is 1.61 bits per heavy atom. The molecule has 0 aliphatic heterocycles. The minimum absolute atomic E-state index is 0.0666. The van der Waals surface area contributed by atoms with E-state index in [1.165, 1.54) is 93.9 Å². The fourth-order valence-electron chi connectivity index (χ4n) is 2.90. The quantitative estimate of drug-likeness (QED) is 0.236. The summed E-state index contributed by atoms with van der Waals surface area (Å²) in [7, 11) is 0.662. The Kier molecular flexibility index (Phi) is 14.5. The van der Waals surface area contributed by atoms with E-state index in [0.717, 1.165) is 5.56 Å². The lowest BCUT2D eigenvalue weighted by atomic mass is 10.1. The highest BCUT2D eigenvalue weighted by molar-refractivity contribution is 7.85. The van der Waals surface area contributed by atoms with Crippen LogP contribution in [0.15, 0.2) is 29.2 Å². The second-order valence-electron chi connectivity index (χ2n) is 8.45. The van der Waals surface area contributed by atoms with Crippen LogP contribution in [0.5, 0.6) is 0 Å². The van der Waals surface area contributed by atoms with Crippen molar-refractivity contribution in [2.75, 3.05) is 27.2 Å². The Morgan fingerprint density at radius 1 is 0.786 bits per heavy atom. The van der Waals surface area contributed by atoms with Gasteiger partial charge in [0.1, 0.15) is 0 Å². The third-order valence-corrected chi connectivity index (χ3v) is 6.16. The molecule has 1 aromatic rings. The van der Waals surface area contributed by atoms with E-state index in [0.29, 0.717) is 0 Å². The summed E-state index contributed by atoms with van der Waals surface area (Å²) in [6.07, 6.45) is 14.4. The predicted molar refractivity (Wildman–Crippen MR) is 120 cm³/mol. The van der Waals surface area contributed by atoms with Gasteiger partial charge in [0.15, 0.2) is 0 Å². The first kappa shape index (κ1) is 27.1. The van der Waals surface area contributed by atoms with Gasteiger partial charge in [0.2, 0.25) is 0 Å². The molecule has 4 nitrogen and oxygen atoms in total. The molecule has 0 aliphatic carbocycles. The topological polar surface area (TPSA) is 54.4 Å². The molecule has 5 heteroatoms. The summed E-state index contributed by atoms with van der Waals surface area (Å²) in [5, 5.41) is 0. The molecule has 0 aromatic heterocycles. The van der Waals surface area contributed by atoms with Crippen molar-refractivity contribution in [1.29, 1.82) is 0 Å². The van der Waals surface area contributed by atoms with E-state index in [2.05, 4.69) is 27.9 Å². The number of nitrogens with zero attached hydrogens (tertiary/aromatic N) is 1. The van der Waals surface area contributed by atoms with Crippen LogP contribution in [-0.2, 0) is 10.1 Å². The number of aryl methyl sites for hydroxylation is 1. The van der Waals surface area contributed by atoms with E-state index in [1.54, 1.807) is 12.1 Å². The van der Waals surface area contributed by atoms with Crippen LogP contribution in [0.3, 0.4) is 0 Å². The maximum Gasteiger partial charge on any atom is 0.294 e. The first-order chi connectivity index (χ1) is 13.1. The minimum Gasteiger partial charge on any atom is -0.329 e. The van der Waals surface area contributed by atoms with Crippen LogP contribution in [0, 0.1) is 6.92 Å². The molecular formula is C23H44NO3S+. The molecule has 0 fully saturated rings. The van der Waals surface area contributed by atoms with Crippen molar-refractivity contribution in [3.05, 3.63) is 29.8 Å². The molecule has 164 valence electrons. The summed E-state index contributed by atoms with van der Waals surface area (Å²) < 4.78 is 30.7. The van der Waals surface area contributed by atoms with E-state index in [1.807, 2.05) is 6.92 Å². The second-order valence-corrected chi connectivity index (χ2v) is 9.87. The summed E-state index contributed by atoms with van der Waals surface area (Å²) >= 11 is 0. The lowest BCUT2D eigenvalue weighted by Crippen LogP contribution is -2.39. The van der Waals surface area contributed by atoms with Gasteiger partial charge in [0.25, 0.3) is 10.1 Å². The minimum atomic E-state index is -4.02. The van der Waals surface area contributed by atoms with Gasteiger partial charge >= 0.3 is 0 Å². The largest absolute Gasteiger partial charge is 0.329 e. The summed E-state index contributed by atoms with van der Waals surface area (Å²) in [5.41, 5.74) is 0.956. The lowest BCUT2D eigenvalue weighted by molar-refractivity contribution is -0.888. The van der Waals surface area contributed by atoms with Crippen molar-refractivity contribution in [2.45, 2.75) is 89.9 Å². The van der Waals surface area contributed by atoms with Gasteiger partial charge in [-0.15, -0.1) is 0 Å². The zero-order valence-electron chi connectivity index (χ0n) is 18.9. The Morgan fingerprint density at radius 2 is 1.21 bits per heavy atom. The Bertz CT molecular complexity index is 595. The molecule has 0 bridgehead atoms. The van der Waals surface area contributed by atoms with Gasteiger partial charge in [-0.2, -0.15) is 8.42 Å². The first-order valence-corrected chi connectivity index (χ1v) is 12.4. The lowest BCUT2D eigenvalue weighted by Gasteiger charge is -2.28.